The first-order valence-corrected chi connectivity index (χ1v) is 6.54. The van der Waals surface area contributed by atoms with Crippen LogP contribution in [0, 0.1) is 5.92 Å². The normalized spacial score (nSPS) is 13.9. The average Bonchev–Trinajstić information content (AvgIpc) is 2.69. The van der Waals surface area contributed by atoms with Crippen LogP contribution in [-0.4, -0.2) is 26.8 Å². The Bertz CT molecular complexity index is 324. The Labute approximate surface area is 105 Å². The summed E-state index contributed by atoms with van der Waals surface area (Å²) in [6, 6.07) is 0. The summed E-state index contributed by atoms with van der Waals surface area (Å²) in [7, 11) is 0. The number of hydrogen-bond donors (Lipinski definition) is 1. The minimum Gasteiger partial charge on any atom is -0.312 e. The molecule has 0 fully saturated rings. The van der Waals surface area contributed by atoms with E-state index in [1.54, 1.807) is 6.33 Å². The van der Waals surface area contributed by atoms with Gasteiger partial charge in [-0.3, -0.25) is 4.68 Å². The second-order valence-corrected chi connectivity index (χ2v) is 5.77. The van der Waals surface area contributed by atoms with Gasteiger partial charge in [-0.05, 0) is 46.6 Å². The summed E-state index contributed by atoms with van der Waals surface area (Å²) in [5.74, 6) is 1.77. The minimum absolute atomic E-state index is 0.206. The minimum atomic E-state index is 0.206. The van der Waals surface area contributed by atoms with Crippen molar-refractivity contribution in [1.29, 1.82) is 0 Å². The molecule has 98 valence electrons. The van der Waals surface area contributed by atoms with Gasteiger partial charge in [-0.25, -0.2) is 4.98 Å². The van der Waals surface area contributed by atoms with E-state index in [1.807, 2.05) is 4.68 Å². The smallest absolute Gasteiger partial charge is 0.138 e. The number of aromatic nitrogens is 3. The third kappa shape index (κ3) is 5.31. The van der Waals surface area contributed by atoms with Gasteiger partial charge in [-0.2, -0.15) is 5.10 Å². The lowest BCUT2D eigenvalue weighted by Gasteiger charge is -2.23. The van der Waals surface area contributed by atoms with Crippen LogP contribution in [0.15, 0.2) is 6.33 Å². The maximum atomic E-state index is 4.30. The number of aryl methyl sites for hydroxylation is 2. The van der Waals surface area contributed by atoms with Crippen molar-refractivity contribution in [3.8, 4) is 0 Å². The van der Waals surface area contributed by atoms with Gasteiger partial charge in [0.15, 0.2) is 0 Å². The Morgan fingerprint density at radius 2 is 2.12 bits per heavy atom. The SMILES string of the molecule is CCn1ncnc1CCC(C)CNC(C)(C)C. The highest BCUT2D eigenvalue weighted by molar-refractivity contribution is 4.85. The first-order valence-electron chi connectivity index (χ1n) is 6.54. The molecule has 0 saturated carbocycles. The fraction of sp³-hybridized carbons (Fsp3) is 0.846. The molecule has 0 aliphatic carbocycles. The monoisotopic (exact) mass is 238 g/mol. The fourth-order valence-electron chi connectivity index (χ4n) is 1.70. The van der Waals surface area contributed by atoms with Gasteiger partial charge in [0, 0.05) is 18.5 Å². The van der Waals surface area contributed by atoms with Crippen molar-refractivity contribution in [2.75, 3.05) is 6.54 Å². The van der Waals surface area contributed by atoms with Crippen LogP contribution in [0.25, 0.3) is 0 Å². The van der Waals surface area contributed by atoms with E-state index in [1.165, 1.54) is 0 Å². The lowest BCUT2D eigenvalue weighted by molar-refractivity contribution is 0.370. The number of nitrogens with zero attached hydrogens (tertiary/aromatic N) is 3. The van der Waals surface area contributed by atoms with Crippen molar-refractivity contribution < 1.29 is 0 Å². The highest BCUT2D eigenvalue weighted by atomic mass is 15.3. The maximum Gasteiger partial charge on any atom is 0.138 e. The summed E-state index contributed by atoms with van der Waals surface area (Å²) in [6.45, 7) is 13.0. The van der Waals surface area contributed by atoms with Gasteiger partial charge in [0.25, 0.3) is 0 Å². The largest absolute Gasteiger partial charge is 0.312 e. The van der Waals surface area contributed by atoms with E-state index < -0.39 is 0 Å². The molecule has 1 N–H and O–H groups in total. The molecule has 0 saturated heterocycles. The summed E-state index contributed by atoms with van der Waals surface area (Å²) >= 11 is 0. The van der Waals surface area contributed by atoms with Crippen molar-refractivity contribution in [3.63, 3.8) is 0 Å². The van der Waals surface area contributed by atoms with E-state index in [0.717, 1.165) is 31.8 Å². The second-order valence-electron chi connectivity index (χ2n) is 5.77. The van der Waals surface area contributed by atoms with Gasteiger partial charge in [0.05, 0.1) is 0 Å². The highest BCUT2D eigenvalue weighted by Gasteiger charge is 2.12. The molecule has 0 aromatic carbocycles. The van der Waals surface area contributed by atoms with Gasteiger partial charge in [-0.1, -0.05) is 6.92 Å². The molecule has 4 nitrogen and oxygen atoms in total. The fourth-order valence-corrected chi connectivity index (χ4v) is 1.70. The van der Waals surface area contributed by atoms with Crippen LogP contribution in [0.2, 0.25) is 0 Å². The molecule has 1 atom stereocenters. The zero-order chi connectivity index (χ0) is 12.9. The van der Waals surface area contributed by atoms with Crippen molar-refractivity contribution in [1.82, 2.24) is 20.1 Å². The molecule has 0 bridgehead atoms. The maximum absolute atomic E-state index is 4.30. The molecule has 0 aliphatic heterocycles. The first kappa shape index (κ1) is 14.2. The molecular formula is C13H26N4. The Morgan fingerprint density at radius 1 is 1.41 bits per heavy atom. The molecule has 17 heavy (non-hydrogen) atoms. The zero-order valence-corrected chi connectivity index (χ0v) is 11.8. The van der Waals surface area contributed by atoms with E-state index >= 15 is 0 Å². The van der Waals surface area contributed by atoms with Crippen LogP contribution in [0.1, 0.15) is 46.9 Å². The summed E-state index contributed by atoms with van der Waals surface area (Å²) in [6.07, 6.45) is 3.82. The van der Waals surface area contributed by atoms with Gasteiger partial charge >= 0.3 is 0 Å². The Kier molecular flexibility index (Phi) is 5.12. The van der Waals surface area contributed by atoms with E-state index in [9.17, 15) is 0 Å². The summed E-state index contributed by atoms with van der Waals surface area (Å²) in [5.41, 5.74) is 0.206. The third-order valence-electron chi connectivity index (χ3n) is 2.84. The molecule has 1 unspecified atom stereocenters. The molecule has 0 spiro atoms. The first-order chi connectivity index (χ1) is 7.92. The summed E-state index contributed by atoms with van der Waals surface area (Å²) in [5, 5.41) is 7.73. The molecular weight excluding hydrogens is 212 g/mol. The Hall–Kier alpha value is -0.900. The van der Waals surface area contributed by atoms with Gasteiger partial charge in [-0.15, -0.1) is 0 Å². The molecule has 0 amide bonds. The average molecular weight is 238 g/mol. The quantitative estimate of drug-likeness (QED) is 0.826. The van der Waals surface area contributed by atoms with Gasteiger partial charge < -0.3 is 5.32 Å². The van der Waals surface area contributed by atoms with Crippen LogP contribution >= 0.6 is 0 Å². The topological polar surface area (TPSA) is 42.7 Å². The third-order valence-corrected chi connectivity index (χ3v) is 2.84. The molecule has 0 aliphatic rings. The lowest BCUT2D eigenvalue weighted by Crippen LogP contribution is -2.38. The van der Waals surface area contributed by atoms with Gasteiger partial charge in [0.2, 0.25) is 0 Å². The molecule has 1 rings (SSSR count). The van der Waals surface area contributed by atoms with Crippen LogP contribution in [-0.2, 0) is 13.0 Å². The van der Waals surface area contributed by atoms with Gasteiger partial charge in [0.1, 0.15) is 12.2 Å². The number of hydrogen-bond acceptors (Lipinski definition) is 3. The van der Waals surface area contributed by atoms with Crippen molar-refractivity contribution in [2.45, 2.75) is 59.5 Å². The van der Waals surface area contributed by atoms with Crippen LogP contribution in [0.4, 0.5) is 0 Å². The van der Waals surface area contributed by atoms with Crippen molar-refractivity contribution in [2.24, 2.45) is 5.92 Å². The molecule has 1 aromatic heterocycles. The molecule has 1 heterocycles. The number of nitrogens with one attached hydrogen (secondary N) is 1. The van der Waals surface area contributed by atoms with Crippen molar-refractivity contribution in [3.05, 3.63) is 12.2 Å². The Balaban J connectivity index is 2.31. The standard InChI is InChI=1S/C13H26N4/c1-6-17-12(14-10-16-17)8-7-11(2)9-15-13(3,4)5/h10-11,15H,6-9H2,1-5H3. The van der Waals surface area contributed by atoms with E-state index in [0.29, 0.717) is 5.92 Å². The zero-order valence-electron chi connectivity index (χ0n) is 11.8. The molecule has 1 aromatic rings. The predicted octanol–water partition coefficient (Wildman–Crippen LogP) is 2.25. The predicted molar refractivity (Wildman–Crippen MR) is 70.9 cm³/mol. The summed E-state index contributed by atoms with van der Waals surface area (Å²) in [4.78, 5) is 4.30. The summed E-state index contributed by atoms with van der Waals surface area (Å²) < 4.78 is 1.98. The second kappa shape index (κ2) is 6.15. The van der Waals surface area contributed by atoms with E-state index in [4.69, 9.17) is 0 Å². The van der Waals surface area contributed by atoms with Crippen LogP contribution in [0.3, 0.4) is 0 Å². The Morgan fingerprint density at radius 3 is 2.71 bits per heavy atom. The highest BCUT2D eigenvalue weighted by Crippen LogP contribution is 2.08. The lowest BCUT2D eigenvalue weighted by atomic mass is 10.0. The van der Waals surface area contributed by atoms with Crippen LogP contribution in [0.5, 0.6) is 0 Å². The molecule has 4 heteroatoms. The van der Waals surface area contributed by atoms with Crippen molar-refractivity contribution >= 4 is 0 Å². The molecule has 0 radical (unpaired) electrons. The van der Waals surface area contributed by atoms with Crippen LogP contribution < -0.4 is 5.32 Å². The number of rotatable bonds is 6. The van der Waals surface area contributed by atoms with E-state index in [-0.39, 0.29) is 5.54 Å². The van der Waals surface area contributed by atoms with E-state index in [2.05, 4.69) is 50.0 Å².